The standard InChI is InChI=1S/C19H23N5OS/c1-13(2)16-12-26-18(23-16)11-22-19(20-3)21-10-15-9-17(25-24-15)14-7-5-4-6-8-14/h4-9,12-13H,10-11H2,1-3H3,(H2,20,21,22). The summed E-state index contributed by atoms with van der Waals surface area (Å²) in [5.41, 5.74) is 2.97. The van der Waals surface area contributed by atoms with E-state index in [1.54, 1.807) is 18.4 Å². The van der Waals surface area contributed by atoms with Gasteiger partial charge in [-0.2, -0.15) is 0 Å². The van der Waals surface area contributed by atoms with Gasteiger partial charge in [0.1, 0.15) is 10.7 Å². The third-order valence-corrected chi connectivity index (χ3v) is 4.71. The highest BCUT2D eigenvalue weighted by molar-refractivity contribution is 7.09. The second-order valence-corrected chi connectivity index (χ2v) is 7.09. The third kappa shape index (κ3) is 4.70. The second kappa shape index (κ2) is 8.62. The summed E-state index contributed by atoms with van der Waals surface area (Å²) in [6, 6.07) is 11.9. The number of hydrogen-bond acceptors (Lipinski definition) is 5. The smallest absolute Gasteiger partial charge is 0.191 e. The van der Waals surface area contributed by atoms with Crippen molar-refractivity contribution in [1.82, 2.24) is 20.8 Å². The monoisotopic (exact) mass is 369 g/mol. The van der Waals surface area contributed by atoms with E-state index >= 15 is 0 Å². The van der Waals surface area contributed by atoms with Crippen LogP contribution >= 0.6 is 11.3 Å². The van der Waals surface area contributed by atoms with Crippen LogP contribution in [0, 0.1) is 0 Å². The zero-order valence-corrected chi connectivity index (χ0v) is 16.0. The number of aromatic nitrogens is 2. The molecule has 0 aliphatic rings. The second-order valence-electron chi connectivity index (χ2n) is 6.15. The number of guanidine groups is 1. The molecule has 7 heteroatoms. The molecule has 2 aromatic heterocycles. The molecule has 0 aliphatic heterocycles. The SMILES string of the molecule is CN=C(NCc1cc(-c2ccccc2)on1)NCc1nc(C(C)C)cs1. The first kappa shape index (κ1) is 18.1. The molecule has 0 fully saturated rings. The number of rotatable bonds is 6. The molecule has 1 aromatic carbocycles. The van der Waals surface area contributed by atoms with Crippen LogP contribution < -0.4 is 10.6 Å². The van der Waals surface area contributed by atoms with Crippen molar-refractivity contribution in [3.63, 3.8) is 0 Å². The summed E-state index contributed by atoms with van der Waals surface area (Å²) < 4.78 is 5.41. The highest BCUT2D eigenvalue weighted by atomic mass is 32.1. The van der Waals surface area contributed by atoms with Gasteiger partial charge in [-0.1, -0.05) is 49.3 Å². The molecule has 3 rings (SSSR count). The topological polar surface area (TPSA) is 75.3 Å². The number of hydrogen-bond donors (Lipinski definition) is 2. The van der Waals surface area contributed by atoms with E-state index < -0.39 is 0 Å². The summed E-state index contributed by atoms with van der Waals surface area (Å²) in [6.45, 7) is 5.47. The van der Waals surface area contributed by atoms with E-state index in [1.807, 2.05) is 36.4 Å². The van der Waals surface area contributed by atoms with E-state index in [1.165, 1.54) is 0 Å². The molecule has 0 unspecified atom stereocenters. The number of nitrogens with zero attached hydrogens (tertiary/aromatic N) is 3. The summed E-state index contributed by atoms with van der Waals surface area (Å²) in [4.78, 5) is 8.86. The molecule has 2 heterocycles. The Morgan fingerprint density at radius 2 is 1.96 bits per heavy atom. The van der Waals surface area contributed by atoms with Crippen LogP contribution in [0.5, 0.6) is 0 Å². The van der Waals surface area contributed by atoms with E-state index in [9.17, 15) is 0 Å². The summed E-state index contributed by atoms with van der Waals surface area (Å²) >= 11 is 1.66. The highest BCUT2D eigenvalue weighted by Gasteiger charge is 2.08. The van der Waals surface area contributed by atoms with E-state index in [-0.39, 0.29) is 0 Å². The maximum Gasteiger partial charge on any atom is 0.191 e. The number of aliphatic imine (C=N–C) groups is 1. The van der Waals surface area contributed by atoms with Crippen LogP contribution in [0.4, 0.5) is 0 Å². The van der Waals surface area contributed by atoms with Crippen molar-refractivity contribution in [2.24, 2.45) is 4.99 Å². The highest BCUT2D eigenvalue weighted by Crippen LogP contribution is 2.19. The normalized spacial score (nSPS) is 11.8. The molecule has 0 bridgehead atoms. The van der Waals surface area contributed by atoms with Gasteiger partial charge in [-0.15, -0.1) is 11.3 Å². The Kier molecular flexibility index (Phi) is 6.01. The van der Waals surface area contributed by atoms with Gasteiger partial charge < -0.3 is 15.2 Å². The Morgan fingerprint density at radius 1 is 1.19 bits per heavy atom. The molecule has 3 aromatic rings. The maximum absolute atomic E-state index is 5.41. The summed E-state index contributed by atoms with van der Waals surface area (Å²) in [7, 11) is 1.74. The predicted octanol–water partition coefficient (Wildman–Crippen LogP) is 3.79. The van der Waals surface area contributed by atoms with Gasteiger partial charge in [0.25, 0.3) is 0 Å². The lowest BCUT2D eigenvalue weighted by atomic mass is 10.2. The number of thiazole rings is 1. The molecule has 0 spiro atoms. The Labute approximate surface area is 157 Å². The average Bonchev–Trinajstić information content (AvgIpc) is 3.32. The van der Waals surface area contributed by atoms with Crippen LogP contribution in [0.15, 0.2) is 51.3 Å². The van der Waals surface area contributed by atoms with Crippen LogP contribution in [0.3, 0.4) is 0 Å². The zero-order valence-electron chi connectivity index (χ0n) is 15.2. The van der Waals surface area contributed by atoms with Gasteiger partial charge in [0.2, 0.25) is 0 Å². The van der Waals surface area contributed by atoms with E-state index in [0.29, 0.717) is 25.0 Å². The minimum Gasteiger partial charge on any atom is -0.356 e. The zero-order chi connectivity index (χ0) is 18.4. The third-order valence-electron chi connectivity index (χ3n) is 3.85. The molecule has 2 N–H and O–H groups in total. The Balaban J connectivity index is 1.52. The van der Waals surface area contributed by atoms with E-state index in [0.717, 1.165) is 27.7 Å². The molecule has 0 radical (unpaired) electrons. The first-order chi connectivity index (χ1) is 12.7. The summed E-state index contributed by atoms with van der Waals surface area (Å²) in [6.07, 6.45) is 0. The van der Waals surface area contributed by atoms with Crippen molar-refractivity contribution >= 4 is 17.3 Å². The fraction of sp³-hybridized carbons (Fsp3) is 0.316. The largest absolute Gasteiger partial charge is 0.356 e. The molecule has 0 atom stereocenters. The Bertz CT molecular complexity index is 854. The van der Waals surface area contributed by atoms with Gasteiger partial charge >= 0.3 is 0 Å². The lowest BCUT2D eigenvalue weighted by Crippen LogP contribution is -2.36. The molecule has 0 saturated heterocycles. The van der Waals surface area contributed by atoms with Gasteiger partial charge in [-0.3, -0.25) is 4.99 Å². The fourth-order valence-corrected chi connectivity index (χ4v) is 3.25. The first-order valence-electron chi connectivity index (χ1n) is 8.55. The summed E-state index contributed by atoms with van der Waals surface area (Å²) in [5, 5.41) is 13.8. The van der Waals surface area contributed by atoms with Crippen molar-refractivity contribution in [2.45, 2.75) is 32.9 Å². The predicted molar refractivity (Wildman–Crippen MR) is 105 cm³/mol. The van der Waals surface area contributed by atoms with Crippen molar-refractivity contribution in [1.29, 1.82) is 0 Å². The fourth-order valence-electron chi connectivity index (χ4n) is 2.36. The van der Waals surface area contributed by atoms with Gasteiger partial charge in [-0.25, -0.2) is 4.98 Å². The van der Waals surface area contributed by atoms with Crippen molar-refractivity contribution in [2.75, 3.05) is 7.05 Å². The minimum atomic E-state index is 0.448. The quantitative estimate of drug-likeness (QED) is 0.511. The Hall–Kier alpha value is -2.67. The molecule has 0 aliphatic carbocycles. The Morgan fingerprint density at radius 3 is 2.65 bits per heavy atom. The number of nitrogens with one attached hydrogen (secondary N) is 2. The van der Waals surface area contributed by atoms with Gasteiger partial charge in [0.15, 0.2) is 11.7 Å². The first-order valence-corrected chi connectivity index (χ1v) is 9.43. The summed E-state index contributed by atoms with van der Waals surface area (Å²) in [5.74, 6) is 1.91. The maximum atomic E-state index is 5.41. The van der Waals surface area contributed by atoms with Crippen LogP contribution in [-0.4, -0.2) is 23.1 Å². The molecule has 26 heavy (non-hydrogen) atoms. The van der Waals surface area contributed by atoms with Gasteiger partial charge in [-0.05, 0) is 5.92 Å². The number of benzene rings is 1. The van der Waals surface area contributed by atoms with Gasteiger partial charge in [0, 0.05) is 24.1 Å². The molecule has 136 valence electrons. The lowest BCUT2D eigenvalue weighted by Gasteiger charge is -2.09. The van der Waals surface area contributed by atoms with E-state index in [2.05, 4.69) is 45.0 Å². The van der Waals surface area contributed by atoms with Crippen LogP contribution in [0.1, 0.15) is 36.2 Å². The van der Waals surface area contributed by atoms with Crippen molar-refractivity contribution < 1.29 is 4.52 Å². The van der Waals surface area contributed by atoms with Crippen molar-refractivity contribution in [3.05, 3.63) is 58.2 Å². The van der Waals surface area contributed by atoms with Crippen LogP contribution in [-0.2, 0) is 13.1 Å². The van der Waals surface area contributed by atoms with Crippen LogP contribution in [0.2, 0.25) is 0 Å². The van der Waals surface area contributed by atoms with Gasteiger partial charge in [0.05, 0.1) is 18.8 Å². The molecule has 6 nitrogen and oxygen atoms in total. The average molecular weight is 369 g/mol. The minimum absolute atomic E-state index is 0.448. The molecule has 0 amide bonds. The lowest BCUT2D eigenvalue weighted by molar-refractivity contribution is 0.422. The van der Waals surface area contributed by atoms with Crippen molar-refractivity contribution in [3.8, 4) is 11.3 Å². The molecular formula is C19H23N5OS. The molecule has 0 saturated carbocycles. The van der Waals surface area contributed by atoms with Crippen LogP contribution in [0.25, 0.3) is 11.3 Å². The van der Waals surface area contributed by atoms with E-state index in [4.69, 9.17) is 4.52 Å². The molecular weight excluding hydrogens is 346 g/mol.